The summed E-state index contributed by atoms with van der Waals surface area (Å²) in [6, 6.07) is 9.46. The van der Waals surface area contributed by atoms with E-state index < -0.39 is 0 Å². The second kappa shape index (κ2) is 6.00. The fourth-order valence-corrected chi connectivity index (χ4v) is 6.42. The third-order valence-electron chi connectivity index (χ3n) is 7.63. The van der Waals surface area contributed by atoms with Gasteiger partial charge in [-0.1, -0.05) is 56.9 Å². The lowest BCUT2D eigenvalue weighted by atomic mass is 9.58. The average molecular weight is 335 g/mol. The molecule has 5 rings (SSSR count). The maximum Gasteiger partial charge on any atom is 0.0956 e. The predicted octanol–water partition coefficient (Wildman–Crippen LogP) is 6.23. The highest BCUT2D eigenvalue weighted by molar-refractivity contribution is 5.68. The fourth-order valence-electron chi connectivity index (χ4n) is 6.42. The SMILES string of the molecule is CCC1(CCC2c3ccccc3-c3cncn32)CC2CCCC(C2)C1. The van der Waals surface area contributed by atoms with E-state index in [0.717, 1.165) is 11.8 Å². The molecule has 0 N–H and O–H groups in total. The summed E-state index contributed by atoms with van der Waals surface area (Å²) in [6.07, 6.45) is 17.1. The molecule has 1 aromatic heterocycles. The van der Waals surface area contributed by atoms with Crippen LogP contribution in [-0.2, 0) is 0 Å². The van der Waals surface area contributed by atoms with Crippen molar-refractivity contribution in [3.05, 3.63) is 42.4 Å². The maximum atomic E-state index is 4.43. The highest BCUT2D eigenvalue weighted by Crippen LogP contribution is 2.54. The molecule has 25 heavy (non-hydrogen) atoms. The van der Waals surface area contributed by atoms with Crippen LogP contribution in [0, 0.1) is 17.3 Å². The van der Waals surface area contributed by atoms with E-state index in [1.165, 1.54) is 74.6 Å². The van der Waals surface area contributed by atoms with Gasteiger partial charge in [-0.05, 0) is 54.9 Å². The number of hydrogen-bond acceptors (Lipinski definition) is 1. The minimum absolute atomic E-state index is 0.499. The number of hydrogen-bond donors (Lipinski definition) is 0. The summed E-state index contributed by atoms with van der Waals surface area (Å²) in [5.41, 5.74) is 4.83. The monoisotopic (exact) mass is 334 g/mol. The van der Waals surface area contributed by atoms with Crippen LogP contribution in [0.3, 0.4) is 0 Å². The van der Waals surface area contributed by atoms with E-state index in [-0.39, 0.29) is 0 Å². The normalized spacial score (nSPS) is 33.1. The Labute approximate surface area is 151 Å². The van der Waals surface area contributed by atoms with E-state index in [9.17, 15) is 0 Å². The zero-order chi connectivity index (χ0) is 16.9. The second-order valence-electron chi connectivity index (χ2n) is 8.99. The zero-order valence-corrected chi connectivity index (χ0v) is 15.5. The van der Waals surface area contributed by atoms with Gasteiger partial charge in [-0.3, -0.25) is 0 Å². The molecular weight excluding hydrogens is 304 g/mol. The molecule has 132 valence electrons. The van der Waals surface area contributed by atoms with Gasteiger partial charge in [-0.2, -0.15) is 0 Å². The molecule has 2 fully saturated rings. The van der Waals surface area contributed by atoms with Crippen LogP contribution in [0.25, 0.3) is 11.3 Å². The van der Waals surface area contributed by atoms with Crippen LogP contribution in [0.4, 0.5) is 0 Å². The van der Waals surface area contributed by atoms with Crippen LogP contribution in [0.15, 0.2) is 36.8 Å². The Bertz CT molecular complexity index is 747. The number of aromatic nitrogens is 2. The average Bonchev–Trinajstić information content (AvgIpc) is 3.21. The first-order valence-electron chi connectivity index (χ1n) is 10.4. The summed E-state index contributed by atoms with van der Waals surface area (Å²) < 4.78 is 2.43. The van der Waals surface area contributed by atoms with Gasteiger partial charge >= 0.3 is 0 Å². The highest BCUT2D eigenvalue weighted by Gasteiger charge is 2.41. The van der Waals surface area contributed by atoms with Crippen molar-refractivity contribution in [1.29, 1.82) is 0 Å². The van der Waals surface area contributed by atoms with Crippen molar-refractivity contribution in [3.63, 3.8) is 0 Å². The Morgan fingerprint density at radius 1 is 1.16 bits per heavy atom. The summed E-state index contributed by atoms with van der Waals surface area (Å²) in [5, 5.41) is 0. The van der Waals surface area contributed by atoms with Gasteiger partial charge in [0, 0.05) is 5.56 Å². The van der Waals surface area contributed by atoms with E-state index in [4.69, 9.17) is 0 Å². The van der Waals surface area contributed by atoms with E-state index in [0.29, 0.717) is 11.5 Å². The van der Waals surface area contributed by atoms with E-state index in [1.54, 1.807) is 0 Å². The van der Waals surface area contributed by atoms with E-state index in [2.05, 4.69) is 40.7 Å². The summed E-state index contributed by atoms with van der Waals surface area (Å²) in [7, 11) is 0. The minimum Gasteiger partial charge on any atom is -0.323 e. The van der Waals surface area contributed by atoms with Gasteiger partial charge in [-0.15, -0.1) is 0 Å². The van der Waals surface area contributed by atoms with Gasteiger partial charge in [0.15, 0.2) is 0 Å². The molecular formula is C23H30N2. The molecule has 1 aromatic carbocycles. The molecule has 0 saturated heterocycles. The van der Waals surface area contributed by atoms with Crippen molar-refractivity contribution in [2.45, 2.75) is 70.8 Å². The second-order valence-corrected chi connectivity index (χ2v) is 8.99. The van der Waals surface area contributed by atoms with Gasteiger partial charge in [0.2, 0.25) is 0 Å². The molecule has 3 unspecified atom stereocenters. The maximum absolute atomic E-state index is 4.43. The highest BCUT2D eigenvalue weighted by atomic mass is 15.1. The van der Waals surface area contributed by atoms with Crippen molar-refractivity contribution in [2.75, 3.05) is 0 Å². The standard InChI is InChI=1S/C23H30N2/c1-2-23(13-17-6-5-7-18(12-17)14-23)11-10-21-19-8-3-4-9-20(19)22-15-24-16-25(21)22/h3-4,8-9,15-18,21H,2,5-7,10-14H2,1H3. The number of fused-ring (bicyclic) bond motifs is 5. The first-order valence-corrected chi connectivity index (χ1v) is 10.4. The summed E-state index contributed by atoms with van der Waals surface area (Å²) in [5.74, 6) is 2.04. The number of imidazole rings is 1. The zero-order valence-electron chi connectivity index (χ0n) is 15.5. The van der Waals surface area contributed by atoms with E-state index in [1.807, 2.05) is 12.5 Å². The van der Waals surface area contributed by atoms with E-state index >= 15 is 0 Å². The third kappa shape index (κ3) is 2.56. The number of benzene rings is 1. The molecule has 0 spiro atoms. The van der Waals surface area contributed by atoms with Gasteiger partial charge in [0.05, 0.1) is 24.3 Å². The smallest absolute Gasteiger partial charge is 0.0956 e. The molecule has 2 bridgehead atoms. The Morgan fingerprint density at radius 2 is 1.96 bits per heavy atom. The molecule has 2 aliphatic carbocycles. The van der Waals surface area contributed by atoms with Crippen LogP contribution >= 0.6 is 0 Å². The van der Waals surface area contributed by atoms with Gasteiger partial charge < -0.3 is 4.57 Å². The molecule has 2 aromatic rings. The predicted molar refractivity (Wildman–Crippen MR) is 102 cm³/mol. The Kier molecular flexibility index (Phi) is 3.76. The van der Waals surface area contributed by atoms with Gasteiger partial charge in [0.25, 0.3) is 0 Å². The first-order chi connectivity index (χ1) is 12.3. The molecule has 3 atom stereocenters. The molecule has 1 aliphatic heterocycles. The molecule has 2 nitrogen and oxygen atoms in total. The van der Waals surface area contributed by atoms with Crippen molar-refractivity contribution in [1.82, 2.24) is 9.55 Å². The number of rotatable bonds is 4. The van der Waals surface area contributed by atoms with Crippen LogP contribution < -0.4 is 0 Å². The van der Waals surface area contributed by atoms with Crippen molar-refractivity contribution >= 4 is 0 Å². The van der Waals surface area contributed by atoms with Crippen molar-refractivity contribution < 1.29 is 0 Å². The quantitative estimate of drug-likeness (QED) is 0.648. The molecule has 0 amide bonds. The Hall–Kier alpha value is -1.57. The first kappa shape index (κ1) is 15.7. The molecule has 3 aliphatic rings. The lowest BCUT2D eigenvalue weighted by molar-refractivity contribution is 0.0407. The van der Waals surface area contributed by atoms with Crippen LogP contribution in [0.1, 0.15) is 76.3 Å². The summed E-state index contributed by atoms with van der Waals surface area (Å²) in [4.78, 5) is 4.43. The van der Waals surface area contributed by atoms with Crippen LogP contribution in [0.2, 0.25) is 0 Å². The molecule has 0 radical (unpaired) electrons. The topological polar surface area (TPSA) is 17.8 Å². The largest absolute Gasteiger partial charge is 0.323 e. The molecule has 2 heteroatoms. The molecule has 2 heterocycles. The summed E-state index contributed by atoms with van der Waals surface area (Å²) >= 11 is 0. The third-order valence-corrected chi connectivity index (χ3v) is 7.63. The van der Waals surface area contributed by atoms with Crippen molar-refractivity contribution in [2.24, 2.45) is 17.3 Å². The Balaban J connectivity index is 1.39. The lowest BCUT2D eigenvalue weighted by Gasteiger charge is -2.47. The van der Waals surface area contributed by atoms with Crippen LogP contribution in [-0.4, -0.2) is 9.55 Å². The lowest BCUT2D eigenvalue weighted by Crippen LogP contribution is -2.36. The number of nitrogens with zero attached hydrogens (tertiary/aromatic N) is 2. The molecule has 2 saturated carbocycles. The summed E-state index contributed by atoms with van der Waals surface area (Å²) in [6.45, 7) is 2.45. The van der Waals surface area contributed by atoms with Gasteiger partial charge in [0.1, 0.15) is 0 Å². The van der Waals surface area contributed by atoms with Gasteiger partial charge in [-0.25, -0.2) is 4.98 Å². The van der Waals surface area contributed by atoms with Crippen molar-refractivity contribution in [3.8, 4) is 11.3 Å². The Morgan fingerprint density at radius 3 is 2.76 bits per heavy atom. The van der Waals surface area contributed by atoms with Crippen LogP contribution in [0.5, 0.6) is 0 Å². The fraction of sp³-hybridized carbons (Fsp3) is 0.609. The minimum atomic E-state index is 0.499.